The number of esters is 1. The molecule has 16 heavy (non-hydrogen) atoms. The molecule has 0 aliphatic carbocycles. The van der Waals surface area contributed by atoms with Gasteiger partial charge in [0.05, 0.1) is 7.11 Å². The SMILES string of the molecule is CCC(=CCNCCOC(N)=O)C(=O)OC. The summed E-state index contributed by atoms with van der Waals surface area (Å²) in [6, 6.07) is 0. The topological polar surface area (TPSA) is 90.6 Å². The van der Waals surface area contributed by atoms with Gasteiger partial charge in [0.25, 0.3) is 0 Å². The number of nitrogens with two attached hydrogens (primary N) is 1. The van der Waals surface area contributed by atoms with Crippen LogP contribution in [0.15, 0.2) is 11.6 Å². The summed E-state index contributed by atoms with van der Waals surface area (Å²) in [5, 5.41) is 2.97. The number of hydrogen-bond donors (Lipinski definition) is 2. The number of carbonyl (C=O) groups excluding carboxylic acids is 2. The van der Waals surface area contributed by atoms with Crippen molar-refractivity contribution in [2.75, 3.05) is 26.8 Å². The van der Waals surface area contributed by atoms with Crippen molar-refractivity contribution in [2.24, 2.45) is 5.73 Å². The highest BCUT2D eigenvalue weighted by atomic mass is 16.5. The zero-order valence-corrected chi connectivity index (χ0v) is 9.62. The second kappa shape index (κ2) is 8.72. The lowest BCUT2D eigenvalue weighted by molar-refractivity contribution is -0.136. The van der Waals surface area contributed by atoms with Gasteiger partial charge in [0, 0.05) is 18.7 Å². The van der Waals surface area contributed by atoms with E-state index in [-0.39, 0.29) is 12.6 Å². The largest absolute Gasteiger partial charge is 0.466 e. The molecule has 0 radical (unpaired) electrons. The number of amides is 1. The lowest BCUT2D eigenvalue weighted by Crippen LogP contribution is -2.24. The molecule has 92 valence electrons. The van der Waals surface area contributed by atoms with E-state index in [1.807, 2.05) is 6.92 Å². The molecule has 0 heterocycles. The molecule has 6 nitrogen and oxygen atoms in total. The molecule has 0 bridgehead atoms. The van der Waals surface area contributed by atoms with Crippen LogP contribution in [0.2, 0.25) is 0 Å². The van der Waals surface area contributed by atoms with Crippen molar-refractivity contribution in [1.29, 1.82) is 0 Å². The molecule has 0 aromatic carbocycles. The van der Waals surface area contributed by atoms with Gasteiger partial charge >= 0.3 is 12.1 Å². The van der Waals surface area contributed by atoms with Crippen molar-refractivity contribution in [3.63, 3.8) is 0 Å². The van der Waals surface area contributed by atoms with Gasteiger partial charge in [-0.15, -0.1) is 0 Å². The first-order chi connectivity index (χ1) is 7.61. The summed E-state index contributed by atoms with van der Waals surface area (Å²) in [5.74, 6) is -0.322. The van der Waals surface area contributed by atoms with Crippen LogP contribution < -0.4 is 11.1 Å². The maximum atomic E-state index is 11.1. The van der Waals surface area contributed by atoms with Crippen molar-refractivity contribution >= 4 is 12.1 Å². The maximum absolute atomic E-state index is 11.1. The molecule has 0 aromatic rings. The Morgan fingerprint density at radius 3 is 2.62 bits per heavy atom. The minimum absolute atomic E-state index is 0.211. The second-order valence-corrected chi connectivity index (χ2v) is 2.95. The van der Waals surface area contributed by atoms with Crippen LogP contribution in [0.25, 0.3) is 0 Å². The average molecular weight is 230 g/mol. The van der Waals surface area contributed by atoms with Crippen LogP contribution in [0, 0.1) is 0 Å². The number of nitrogens with one attached hydrogen (secondary N) is 1. The van der Waals surface area contributed by atoms with Gasteiger partial charge in [-0.3, -0.25) is 0 Å². The molecule has 3 N–H and O–H groups in total. The molecular weight excluding hydrogens is 212 g/mol. The summed E-state index contributed by atoms with van der Waals surface area (Å²) >= 11 is 0. The Bertz CT molecular complexity index is 264. The van der Waals surface area contributed by atoms with Gasteiger partial charge in [-0.1, -0.05) is 13.0 Å². The first-order valence-corrected chi connectivity index (χ1v) is 5.02. The smallest absolute Gasteiger partial charge is 0.404 e. The summed E-state index contributed by atoms with van der Waals surface area (Å²) in [4.78, 5) is 21.4. The number of rotatable bonds is 7. The van der Waals surface area contributed by atoms with E-state index in [0.717, 1.165) is 0 Å². The molecule has 0 spiro atoms. The zero-order chi connectivity index (χ0) is 12.4. The van der Waals surface area contributed by atoms with Crippen LogP contribution in [-0.2, 0) is 14.3 Å². The summed E-state index contributed by atoms with van der Waals surface area (Å²) in [7, 11) is 1.35. The van der Waals surface area contributed by atoms with Crippen molar-refractivity contribution < 1.29 is 19.1 Å². The summed E-state index contributed by atoms with van der Waals surface area (Å²) in [5.41, 5.74) is 5.39. The number of hydrogen-bond acceptors (Lipinski definition) is 5. The van der Waals surface area contributed by atoms with E-state index >= 15 is 0 Å². The molecule has 0 saturated heterocycles. The Morgan fingerprint density at radius 1 is 1.44 bits per heavy atom. The third kappa shape index (κ3) is 6.83. The molecule has 0 saturated carbocycles. The maximum Gasteiger partial charge on any atom is 0.404 e. The normalized spacial score (nSPS) is 11.0. The second-order valence-electron chi connectivity index (χ2n) is 2.95. The molecule has 0 aliphatic rings. The van der Waals surface area contributed by atoms with E-state index in [1.54, 1.807) is 6.08 Å². The quantitative estimate of drug-likeness (QED) is 0.370. The Morgan fingerprint density at radius 2 is 2.12 bits per heavy atom. The van der Waals surface area contributed by atoms with Gasteiger partial charge in [-0.2, -0.15) is 0 Å². The highest BCUT2D eigenvalue weighted by Crippen LogP contribution is 2.01. The Labute approximate surface area is 94.8 Å². The third-order valence-electron chi connectivity index (χ3n) is 1.84. The molecule has 0 aliphatic heterocycles. The van der Waals surface area contributed by atoms with Gasteiger partial charge in [-0.25, -0.2) is 9.59 Å². The zero-order valence-electron chi connectivity index (χ0n) is 9.62. The lowest BCUT2D eigenvalue weighted by atomic mass is 10.2. The fourth-order valence-corrected chi connectivity index (χ4v) is 1.02. The van der Waals surface area contributed by atoms with Crippen molar-refractivity contribution in [3.8, 4) is 0 Å². The van der Waals surface area contributed by atoms with E-state index in [0.29, 0.717) is 25.1 Å². The third-order valence-corrected chi connectivity index (χ3v) is 1.84. The fourth-order valence-electron chi connectivity index (χ4n) is 1.02. The summed E-state index contributed by atoms with van der Waals surface area (Å²) in [6.07, 6.45) is 1.57. The average Bonchev–Trinajstić information content (AvgIpc) is 2.27. The number of primary amides is 1. The molecule has 0 atom stereocenters. The highest BCUT2D eigenvalue weighted by Gasteiger charge is 2.05. The Kier molecular flexibility index (Phi) is 7.87. The van der Waals surface area contributed by atoms with Gasteiger partial charge < -0.3 is 20.5 Å². The van der Waals surface area contributed by atoms with Crippen LogP contribution in [0.5, 0.6) is 0 Å². The van der Waals surface area contributed by atoms with Crippen LogP contribution in [0.1, 0.15) is 13.3 Å². The molecule has 1 amide bonds. The van der Waals surface area contributed by atoms with E-state index in [1.165, 1.54) is 7.11 Å². The van der Waals surface area contributed by atoms with Crippen LogP contribution in [0.4, 0.5) is 4.79 Å². The van der Waals surface area contributed by atoms with Gasteiger partial charge in [0.2, 0.25) is 0 Å². The number of carbonyl (C=O) groups is 2. The number of methoxy groups -OCH3 is 1. The first kappa shape index (κ1) is 14.4. The lowest BCUT2D eigenvalue weighted by Gasteiger charge is -2.04. The van der Waals surface area contributed by atoms with Crippen molar-refractivity contribution in [2.45, 2.75) is 13.3 Å². The van der Waals surface area contributed by atoms with E-state index < -0.39 is 6.09 Å². The van der Waals surface area contributed by atoms with E-state index in [4.69, 9.17) is 5.73 Å². The van der Waals surface area contributed by atoms with E-state index in [2.05, 4.69) is 14.8 Å². The summed E-state index contributed by atoms with van der Waals surface area (Å²) in [6.45, 7) is 3.08. The summed E-state index contributed by atoms with van der Waals surface area (Å²) < 4.78 is 9.10. The minimum atomic E-state index is -0.791. The Hall–Kier alpha value is -1.56. The predicted molar refractivity (Wildman–Crippen MR) is 58.8 cm³/mol. The van der Waals surface area contributed by atoms with Crippen molar-refractivity contribution in [1.82, 2.24) is 5.32 Å². The molecular formula is C10H18N2O4. The fraction of sp³-hybridized carbons (Fsp3) is 0.600. The highest BCUT2D eigenvalue weighted by molar-refractivity contribution is 5.88. The van der Waals surface area contributed by atoms with E-state index in [9.17, 15) is 9.59 Å². The van der Waals surface area contributed by atoms with Gasteiger partial charge in [-0.05, 0) is 6.42 Å². The molecule has 0 fully saturated rings. The van der Waals surface area contributed by atoms with Gasteiger partial charge in [0.1, 0.15) is 6.61 Å². The molecule has 0 aromatic heterocycles. The first-order valence-electron chi connectivity index (χ1n) is 5.02. The monoisotopic (exact) mass is 230 g/mol. The predicted octanol–water partition coefficient (Wildman–Crippen LogP) is 0.181. The minimum Gasteiger partial charge on any atom is -0.466 e. The van der Waals surface area contributed by atoms with Crippen LogP contribution in [0.3, 0.4) is 0 Å². The van der Waals surface area contributed by atoms with Gasteiger partial charge in [0.15, 0.2) is 0 Å². The Balaban J connectivity index is 3.72. The molecule has 0 unspecified atom stereocenters. The number of ether oxygens (including phenoxy) is 2. The standard InChI is InChI=1S/C10H18N2O4/c1-3-8(9(13)15-2)4-5-12-6-7-16-10(11)14/h4,12H,3,5-7H2,1-2H3,(H2,11,14). The van der Waals surface area contributed by atoms with Crippen LogP contribution in [-0.4, -0.2) is 38.9 Å². The van der Waals surface area contributed by atoms with Crippen LogP contribution >= 0.6 is 0 Å². The van der Waals surface area contributed by atoms with Crippen molar-refractivity contribution in [3.05, 3.63) is 11.6 Å². The molecule has 6 heteroatoms. The molecule has 0 rings (SSSR count).